The number of likely N-dealkylation sites (tertiary alicyclic amines) is 1. The number of terminal acetylenes is 1. The van der Waals surface area contributed by atoms with E-state index in [4.69, 9.17) is 11.2 Å². The lowest BCUT2D eigenvalue weighted by molar-refractivity contribution is -0.132. The van der Waals surface area contributed by atoms with E-state index in [9.17, 15) is 9.59 Å². The molecule has 0 spiro atoms. The Morgan fingerprint density at radius 2 is 2.22 bits per heavy atom. The molecule has 0 aliphatic carbocycles. The van der Waals surface area contributed by atoms with Gasteiger partial charge in [-0.15, -0.1) is 12.3 Å². The van der Waals surface area contributed by atoms with Crippen molar-refractivity contribution in [2.24, 2.45) is 10.2 Å². The molecular weight excluding hydrogens is 344 g/mol. The molecule has 2 aliphatic heterocycles. The number of rotatable bonds is 8. The molecule has 27 heavy (non-hydrogen) atoms. The monoisotopic (exact) mass is 368 g/mol. The van der Waals surface area contributed by atoms with Crippen LogP contribution < -0.4 is 10.1 Å². The van der Waals surface area contributed by atoms with E-state index in [-0.39, 0.29) is 11.8 Å². The third kappa shape index (κ3) is 4.64. The number of nitrogens with one attached hydrogen (secondary N) is 1. The number of nitrogens with zero attached hydrogens (tertiary/aromatic N) is 3. The van der Waals surface area contributed by atoms with Crippen molar-refractivity contribution in [1.29, 1.82) is 0 Å². The Morgan fingerprint density at radius 3 is 2.81 bits per heavy atom. The Labute approximate surface area is 159 Å². The number of amides is 2. The molecule has 0 saturated carbocycles. The molecule has 0 radical (unpaired) electrons. The molecule has 7 nitrogen and oxygen atoms in total. The van der Waals surface area contributed by atoms with Gasteiger partial charge < -0.3 is 15.0 Å². The first kappa shape index (κ1) is 18.9. The molecule has 2 aliphatic rings. The molecule has 1 fully saturated rings. The Morgan fingerprint density at radius 1 is 1.44 bits per heavy atom. The van der Waals surface area contributed by atoms with Gasteiger partial charge in [0.25, 0.3) is 5.91 Å². The largest absolute Gasteiger partial charge is 0.481 e. The van der Waals surface area contributed by atoms with E-state index in [1.807, 2.05) is 13.0 Å². The van der Waals surface area contributed by atoms with Crippen molar-refractivity contribution in [2.45, 2.75) is 50.8 Å². The first-order chi connectivity index (χ1) is 12.9. The first-order valence-electron chi connectivity index (χ1n) is 9.12. The highest BCUT2D eigenvalue weighted by Crippen LogP contribution is 2.37. The Balaban J connectivity index is 1.51. The number of likely N-dealkylation sites (N-methyl/N-ethyl adjacent to an activating group) is 1. The van der Waals surface area contributed by atoms with Gasteiger partial charge in [-0.2, -0.15) is 10.2 Å². The zero-order chi connectivity index (χ0) is 19.4. The van der Waals surface area contributed by atoms with Crippen molar-refractivity contribution >= 4 is 17.5 Å². The van der Waals surface area contributed by atoms with Gasteiger partial charge in [0.05, 0.1) is 0 Å². The number of hydrogen-bond donors (Lipinski definition) is 1. The van der Waals surface area contributed by atoms with Gasteiger partial charge in [-0.05, 0) is 30.7 Å². The molecule has 1 saturated heterocycles. The highest BCUT2D eigenvalue weighted by atomic mass is 16.5. The minimum atomic E-state index is -0.447. The number of carbonyl (C=O) groups excluding carboxylic acids is 2. The van der Waals surface area contributed by atoms with Gasteiger partial charge in [-0.1, -0.05) is 0 Å². The van der Waals surface area contributed by atoms with Crippen molar-refractivity contribution in [3.8, 4) is 18.1 Å². The maximum atomic E-state index is 12.2. The van der Waals surface area contributed by atoms with Gasteiger partial charge in [0, 0.05) is 51.4 Å². The predicted molar refractivity (Wildman–Crippen MR) is 101 cm³/mol. The van der Waals surface area contributed by atoms with Crippen LogP contribution in [0.15, 0.2) is 28.4 Å². The maximum absolute atomic E-state index is 12.2. The van der Waals surface area contributed by atoms with Gasteiger partial charge in [-0.3, -0.25) is 9.59 Å². The third-order valence-electron chi connectivity index (χ3n) is 4.93. The summed E-state index contributed by atoms with van der Waals surface area (Å²) in [4.78, 5) is 25.9. The van der Waals surface area contributed by atoms with E-state index < -0.39 is 11.8 Å². The minimum absolute atomic E-state index is 0.000276. The summed E-state index contributed by atoms with van der Waals surface area (Å²) in [6.45, 7) is 2.60. The zero-order valence-corrected chi connectivity index (χ0v) is 15.7. The van der Waals surface area contributed by atoms with Crippen molar-refractivity contribution in [1.82, 2.24) is 4.90 Å². The topological polar surface area (TPSA) is 83.4 Å². The van der Waals surface area contributed by atoms with Crippen LogP contribution in [0, 0.1) is 19.3 Å². The summed E-state index contributed by atoms with van der Waals surface area (Å²) in [7, 11) is 1.77. The fourth-order valence-corrected chi connectivity index (χ4v) is 3.11. The second-order valence-corrected chi connectivity index (χ2v) is 7.07. The SMILES string of the molecule is C#CCCC1(CCC(=O)Nc2ccc(OC3CCN(C)C3=O)cc2C)N=N1. The highest BCUT2D eigenvalue weighted by molar-refractivity contribution is 5.91. The average molecular weight is 368 g/mol. The van der Waals surface area contributed by atoms with Crippen molar-refractivity contribution in [3.05, 3.63) is 23.8 Å². The lowest BCUT2D eigenvalue weighted by atomic mass is 10.0. The van der Waals surface area contributed by atoms with Crippen molar-refractivity contribution in [2.75, 3.05) is 18.9 Å². The number of anilines is 1. The van der Waals surface area contributed by atoms with Crippen LogP contribution in [0.1, 0.15) is 37.7 Å². The van der Waals surface area contributed by atoms with Crippen LogP contribution in [0.4, 0.5) is 5.69 Å². The molecule has 0 bridgehead atoms. The smallest absolute Gasteiger partial charge is 0.263 e. The highest BCUT2D eigenvalue weighted by Gasteiger charge is 2.39. The molecule has 0 aromatic heterocycles. The van der Waals surface area contributed by atoms with E-state index in [1.165, 1.54) is 0 Å². The standard InChI is InChI=1S/C20H24N4O3/c1-4-5-10-20(22-23-20)11-8-18(25)21-16-7-6-15(13-14(16)2)27-17-9-12-24(3)19(17)26/h1,6-7,13,17H,5,8-12H2,2-3H3,(H,21,25). The molecule has 7 heteroatoms. The van der Waals surface area contributed by atoms with Crippen molar-refractivity contribution in [3.63, 3.8) is 0 Å². The minimum Gasteiger partial charge on any atom is -0.481 e. The molecule has 2 heterocycles. The van der Waals surface area contributed by atoms with Crippen LogP contribution in [0.2, 0.25) is 0 Å². The summed E-state index contributed by atoms with van der Waals surface area (Å²) in [5.74, 6) is 3.12. The molecule has 142 valence electrons. The van der Waals surface area contributed by atoms with Crippen molar-refractivity contribution < 1.29 is 14.3 Å². The van der Waals surface area contributed by atoms with E-state index in [0.29, 0.717) is 44.4 Å². The average Bonchev–Trinajstić information content (AvgIpc) is 3.36. The molecule has 1 aromatic carbocycles. The van der Waals surface area contributed by atoms with E-state index in [1.54, 1.807) is 24.1 Å². The number of carbonyl (C=O) groups is 2. The number of ether oxygens (including phenoxy) is 1. The third-order valence-corrected chi connectivity index (χ3v) is 4.93. The molecule has 1 aromatic rings. The lowest BCUT2D eigenvalue weighted by Gasteiger charge is -2.15. The summed E-state index contributed by atoms with van der Waals surface area (Å²) in [5.41, 5.74) is 1.16. The summed E-state index contributed by atoms with van der Waals surface area (Å²) >= 11 is 0. The van der Waals surface area contributed by atoms with Crippen LogP contribution >= 0.6 is 0 Å². The van der Waals surface area contributed by atoms with E-state index in [0.717, 1.165) is 11.3 Å². The van der Waals surface area contributed by atoms with Crippen LogP contribution in [0.5, 0.6) is 5.75 Å². The molecule has 1 atom stereocenters. The van der Waals surface area contributed by atoms with Gasteiger partial charge in [-0.25, -0.2) is 0 Å². The maximum Gasteiger partial charge on any atom is 0.263 e. The fraction of sp³-hybridized carbons (Fsp3) is 0.500. The Bertz CT molecular complexity index is 806. The first-order valence-corrected chi connectivity index (χ1v) is 9.12. The quantitative estimate of drug-likeness (QED) is 0.716. The normalized spacial score (nSPS) is 19.7. The number of aryl methyl sites for hydroxylation is 1. The Hall–Kier alpha value is -2.88. The summed E-state index contributed by atoms with van der Waals surface area (Å²) < 4.78 is 5.79. The second kappa shape index (κ2) is 7.78. The fourth-order valence-electron chi connectivity index (χ4n) is 3.11. The second-order valence-electron chi connectivity index (χ2n) is 7.07. The predicted octanol–water partition coefficient (Wildman–Crippen LogP) is 2.90. The van der Waals surface area contributed by atoms with Crippen LogP contribution in [0.3, 0.4) is 0 Å². The molecular formula is C20H24N4O3. The van der Waals surface area contributed by atoms with Gasteiger partial charge in [0.2, 0.25) is 5.91 Å². The zero-order valence-electron chi connectivity index (χ0n) is 15.7. The summed E-state index contributed by atoms with van der Waals surface area (Å²) in [6, 6.07) is 5.40. The van der Waals surface area contributed by atoms with Gasteiger partial charge >= 0.3 is 0 Å². The molecule has 1 N–H and O–H groups in total. The number of hydrogen-bond acceptors (Lipinski definition) is 5. The van der Waals surface area contributed by atoms with Crippen LogP contribution in [-0.4, -0.2) is 42.1 Å². The molecule has 1 unspecified atom stereocenters. The molecule has 2 amide bonds. The van der Waals surface area contributed by atoms with Crippen LogP contribution in [0.25, 0.3) is 0 Å². The summed E-state index contributed by atoms with van der Waals surface area (Å²) in [5, 5.41) is 11.0. The van der Waals surface area contributed by atoms with Crippen LogP contribution in [-0.2, 0) is 9.59 Å². The number of benzene rings is 1. The van der Waals surface area contributed by atoms with E-state index >= 15 is 0 Å². The lowest BCUT2D eigenvalue weighted by Crippen LogP contribution is -2.29. The molecule has 3 rings (SSSR count). The van der Waals surface area contributed by atoms with E-state index in [2.05, 4.69) is 21.5 Å². The Kier molecular flexibility index (Phi) is 5.45. The summed E-state index contributed by atoms with van der Waals surface area (Å²) in [6.07, 6.45) is 7.72. The van der Waals surface area contributed by atoms with Gasteiger partial charge in [0.1, 0.15) is 5.75 Å². The van der Waals surface area contributed by atoms with Gasteiger partial charge in [0.15, 0.2) is 11.8 Å².